The first-order valence-corrected chi connectivity index (χ1v) is 8.45. The number of rotatable bonds is 5. The Morgan fingerprint density at radius 2 is 1.84 bits per heavy atom. The van der Waals surface area contributed by atoms with E-state index >= 15 is 0 Å². The molecule has 0 bridgehead atoms. The smallest absolute Gasteiger partial charge is 0.229 e. The molecule has 2 amide bonds. The summed E-state index contributed by atoms with van der Waals surface area (Å²) in [6, 6.07) is 15.1. The lowest BCUT2D eigenvalue weighted by Gasteiger charge is -2.17. The standard InChI is InChI=1S/C20H22N2O3/c1-3-14-4-8-17(9-5-14)22-13-15(12-19(22)23)20(24)21-16-6-10-18(25-2)11-7-16/h4-11,15H,3,12-13H2,1-2H3,(H,21,24). The summed E-state index contributed by atoms with van der Waals surface area (Å²) >= 11 is 0. The number of amides is 2. The second-order valence-electron chi connectivity index (χ2n) is 6.14. The molecule has 1 unspecified atom stereocenters. The maximum Gasteiger partial charge on any atom is 0.229 e. The monoisotopic (exact) mass is 338 g/mol. The van der Waals surface area contributed by atoms with Crippen LogP contribution in [0.5, 0.6) is 5.75 Å². The van der Waals surface area contributed by atoms with E-state index in [1.54, 1.807) is 36.3 Å². The first-order chi connectivity index (χ1) is 12.1. The van der Waals surface area contributed by atoms with Crippen molar-refractivity contribution in [3.63, 3.8) is 0 Å². The molecule has 5 heteroatoms. The molecular formula is C20H22N2O3. The molecule has 0 radical (unpaired) electrons. The second kappa shape index (κ2) is 7.38. The number of aryl methyl sites for hydroxylation is 1. The van der Waals surface area contributed by atoms with Crippen LogP contribution in [-0.2, 0) is 16.0 Å². The zero-order valence-corrected chi connectivity index (χ0v) is 14.5. The molecule has 1 aliphatic heterocycles. The van der Waals surface area contributed by atoms with Crippen LogP contribution in [0.1, 0.15) is 18.9 Å². The molecule has 0 saturated carbocycles. The number of nitrogens with one attached hydrogen (secondary N) is 1. The van der Waals surface area contributed by atoms with Gasteiger partial charge in [0.1, 0.15) is 5.75 Å². The van der Waals surface area contributed by atoms with Crippen LogP contribution in [0.25, 0.3) is 0 Å². The molecule has 25 heavy (non-hydrogen) atoms. The first kappa shape index (κ1) is 17.0. The molecule has 1 aliphatic rings. The van der Waals surface area contributed by atoms with Crippen molar-refractivity contribution >= 4 is 23.2 Å². The highest BCUT2D eigenvalue weighted by Gasteiger charge is 2.35. The average molecular weight is 338 g/mol. The van der Waals surface area contributed by atoms with Gasteiger partial charge in [-0.2, -0.15) is 0 Å². The SMILES string of the molecule is CCc1ccc(N2CC(C(=O)Nc3ccc(OC)cc3)CC2=O)cc1. The molecule has 3 rings (SSSR count). The molecule has 0 aliphatic carbocycles. The van der Waals surface area contributed by atoms with Gasteiger partial charge in [-0.05, 0) is 48.4 Å². The zero-order valence-electron chi connectivity index (χ0n) is 14.5. The summed E-state index contributed by atoms with van der Waals surface area (Å²) in [5.41, 5.74) is 2.77. The summed E-state index contributed by atoms with van der Waals surface area (Å²) in [5, 5.41) is 2.87. The summed E-state index contributed by atoms with van der Waals surface area (Å²) in [4.78, 5) is 26.5. The van der Waals surface area contributed by atoms with Crippen molar-refractivity contribution in [1.82, 2.24) is 0 Å². The maximum absolute atomic E-state index is 12.5. The number of nitrogens with zero attached hydrogens (tertiary/aromatic N) is 1. The minimum absolute atomic E-state index is 0.0147. The van der Waals surface area contributed by atoms with E-state index in [0.29, 0.717) is 12.2 Å². The van der Waals surface area contributed by atoms with Gasteiger partial charge in [0.15, 0.2) is 0 Å². The van der Waals surface area contributed by atoms with Gasteiger partial charge in [0.25, 0.3) is 0 Å². The Morgan fingerprint density at radius 3 is 2.44 bits per heavy atom. The largest absolute Gasteiger partial charge is 0.497 e. The third-order valence-corrected chi connectivity index (χ3v) is 4.51. The summed E-state index contributed by atoms with van der Waals surface area (Å²) in [7, 11) is 1.60. The molecule has 0 aromatic heterocycles. The van der Waals surface area contributed by atoms with Crippen LogP contribution in [0.4, 0.5) is 11.4 Å². The molecule has 1 N–H and O–H groups in total. The molecule has 1 heterocycles. The third kappa shape index (κ3) is 3.82. The van der Waals surface area contributed by atoms with Crippen LogP contribution in [0.3, 0.4) is 0 Å². The third-order valence-electron chi connectivity index (χ3n) is 4.51. The van der Waals surface area contributed by atoms with E-state index in [2.05, 4.69) is 12.2 Å². The molecule has 2 aromatic carbocycles. The van der Waals surface area contributed by atoms with Gasteiger partial charge in [0, 0.05) is 24.3 Å². The first-order valence-electron chi connectivity index (χ1n) is 8.45. The van der Waals surface area contributed by atoms with Crippen molar-refractivity contribution in [2.24, 2.45) is 5.92 Å². The summed E-state index contributed by atoms with van der Waals surface area (Å²) in [6.45, 7) is 2.50. The molecule has 0 spiro atoms. The number of anilines is 2. The van der Waals surface area contributed by atoms with Crippen molar-refractivity contribution in [2.75, 3.05) is 23.9 Å². The van der Waals surface area contributed by atoms with Gasteiger partial charge in [-0.1, -0.05) is 19.1 Å². The minimum Gasteiger partial charge on any atom is -0.497 e. The minimum atomic E-state index is -0.347. The Kier molecular flexibility index (Phi) is 5.03. The van der Waals surface area contributed by atoms with Crippen LogP contribution in [0, 0.1) is 5.92 Å². The number of carbonyl (C=O) groups is 2. The molecule has 2 aromatic rings. The van der Waals surface area contributed by atoms with E-state index in [4.69, 9.17) is 4.74 Å². The van der Waals surface area contributed by atoms with Gasteiger partial charge in [-0.3, -0.25) is 9.59 Å². The van der Waals surface area contributed by atoms with Crippen molar-refractivity contribution in [1.29, 1.82) is 0 Å². The average Bonchev–Trinajstić information content (AvgIpc) is 3.04. The predicted octanol–water partition coefficient (Wildman–Crippen LogP) is 3.25. The lowest BCUT2D eigenvalue weighted by atomic mass is 10.1. The van der Waals surface area contributed by atoms with Gasteiger partial charge in [0.2, 0.25) is 11.8 Å². The van der Waals surface area contributed by atoms with Crippen molar-refractivity contribution in [2.45, 2.75) is 19.8 Å². The lowest BCUT2D eigenvalue weighted by Crippen LogP contribution is -2.28. The summed E-state index contributed by atoms with van der Waals surface area (Å²) in [5.74, 6) is 0.238. The second-order valence-corrected chi connectivity index (χ2v) is 6.14. The van der Waals surface area contributed by atoms with Crippen molar-refractivity contribution in [3.05, 3.63) is 54.1 Å². The summed E-state index contributed by atoms with van der Waals surface area (Å²) < 4.78 is 5.10. The Balaban J connectivity index is 1.65. The zero-order chi connectivity index (χ0) is 17.8. The Labute approximate surface area is 147 Å². The highest BCUT2D eigenvalue weighted by Crippen LogP contribution is 2.26. The van der Waals surface area contributed by atoms with E-state index < -0.39 is 0 Å². The molecule has 5 nitrogen and oxygen atoms in total. The van der Waals surface area contributed by atoms with Gasteiger partial charge < -0.3 is 15.0 Å². The molecule has 1 atom stereocenters. The predicted molar refractivity (Wildman–Crippen MR) is 97.9 cm³/mol. The number of hydrogen-bond acceptors (Lipinski definition) is 3. The van der Waals surface area contributed by atoms with Crippen molar-refractivity contribution in [3.8, 4) is 5.75 Å². The number of ether oxygens (including phenoxy) is 1. The Bertz CT molecular complexity index is 754. The number of benzene rings is 2. The Morgan fingerprint density at radius 1 is 1.16 bits per heavy atom. The molecular weight excluding hydrogens is 316 g/mol. The fourth-order valence-corrected chi connectivity index (χ4v) is 2.96. The van der Waals surface area contributed by atoms with Gasteiger partial charge >= 0.3 is 0 Å². The molecule has 130 valence electrons. The number of carbonyl (C=O) groups excluding carboxylic acids is 2. The van der Waals surface area contributed by atoms with Crippen LogP contribution in [0.15, 0.2) is 48.5 Å². The number of methoxy groups -OCH3 is 1. The van der Waals surface area contributed by atoms with E-state index in [9.17, 15) is 9.59 Å². The van der Waals surface area contributed by atoms with Crippen molar-refractivity contribution < 1.29 is 14.3 Å². The van der Waals surface area contributed by atoms with E-state index in [-0.39, 0.29) is 24.2 Å². The fourth-order valence-electron chi connectivity index (χ4n) is 2.96. The summed E-state index contributed by atoms with van der Waals surface area (Å²) in [6.07, 6.45) is 1.19. The fraction of sp³-hybridized carbons (Fsp3) is 0.300. The van der Waals surface area contributed by atoms with Crippen LogP contribution < -0.4 is 15.0 Å². The van der Waals surface area contributed by atoms with Gasteiger partial charge in [0.05, 0.1) is 13.0 Å². The topological polar surface area (TPSA) is 58.6 Å². The van der Waals surface area contributed by atoms with Crippen LogP contribution >= 0.6 is 0 Å². The normalized spacial score (nSPS) is 16.8. The highest BCUT2D eigenvalue weighted by atomic mass is 16.5. The highest BCUT2D eigenvalue weighted by molar-refractivity contribution is 6.03. The van der Waals surface area contributed by atoms with E-state index in [0.717, 1.165) is 17.9 Å². The quantitative estimate of drug-likeness (QED) is 0.910. The van der Waals surface area contributed by atoms with E-state index in [1.165, 1.54) is 5.56 Å². The van der Waals surface area contributed by atoms with Gasteiger partial charge in [-0.15, -0.1) is 0 Å². The van der Waals surface area contributed by atoms with E-state index in [1.807, 2.05) is 24.3 Å². The number of hydrogen-bond donors (Lipinski definition) is 1. The maximum atomic E-state index is 12.5. The van der Waals surface area contributed by atoms with Crippen LogP contribution in [0.2, 0.25) is 0 Å². The Hall–Kier alpha value is -2.82. The molecule has 1 saturated heterocycles. The van der Waals surface area contributed by atoms with Crippen LogP contribution in [-0.4, -0.2) is 25.5 Å². The lowest BCUT2D eigenvalue weighted by molar-refractivity contribution is -0.122. The molecule has 1 fully saturated rings. The van der Waals surface area contributed by atoms with Gasteiger partial charge in [-0.25, -0.2) is 0 Å².